The monoisotopic (exact) mass is 337 g/mol. The molecule has 0 saturated heterocycles. The minimum Gasteiger partial charge on any atom is -0.489 e. The van der Waals surface area contributed by atoms with E-state index in [1.807, 2.05) is 48.9 Å². The van der Waals surface area contributed by atoms with Crippen LogP contribution in [-0.2, 0) is 6.61 Å². The van der Waals surface area contributed by atoms with Gasteiger partial charge in [-0.05, 0) is 56.7 Å². The molecule has 0 amide bonds. The molecule has 6 heteroatoms. The quantitative estimate of drug-likeness (QED) is 0.514. The Labute approximate surface area is 145 Å². The molecule has 2 aromatic carbocycles. The van der Waals surface area contributed by atoms with E-state index in [0.717, 1.165) is 22.6 Å². The lowest BCUT2D eigenvalue weighted by molar-refractivity contribution is -0.385. The maximum atomic E-state index is 10.8. The molecule has 0 aliphatic carbocycles. The third-order valence-corrected chi connectivity index (χ3v) is 3.96. The maximum Gasteiger partial charge on any atom is 0.272 e. The van der Waals surface area contributed by atoms with Gasteiger partial charge in [0.2, 0.25) is 0 Å². The molecule has 128 valence electrons. The van der Waals surface area contributed by atoms with Crippen molar-refractivity contribution < 1.29 is 9.66 Å². The van der Waals surface area contributed by atoms with Crippen molar-refractivity contribution in [2.24, 2.45) is 0 Å². The average molecular weight is 337 g/mol. The number of hydrogen-bond donors (Lipinski definition) is 0. The van der Waals surface area contributed by atoms with Gasteiger partial charge in [0.1, 0.15) is 12.4 Å². The molecule has 0 radical (unpaired) electrons. The Morgan fingerprint density at radius 2 is 1.80 bits per heavy atom. The second-order valence-corrected chi connectivity index (χ2v) is 6.00. The number of rotatable bonds is 5. The van der Waals surface area contributed by atoms with Gasteiger partial charge in [0, 0.05) is 17.3 Å². The molecule has 3 aromatic rings. The number of benzene rings is 2. The van der Waals surface area contributed by atoms with Gasteiger partial charge in [-0.3, -0.25) is 10.1 Å². The van der Waals surface area contributed by atoms with E-state index >= 15 is 0 Å². The minimum atomic E-state index is -0.392. The minimum absolute atomic E-state index is 0.0987. The predicted octanol–water partition coefficient (Wildman–Crippen LogP) is 4.28. The number of aryl methyl sites for hydroxylation is 3. The molecule has 6 nitrogen and oxygen atoms in total. The standard InChI is InChI=1S/C19H19N3O3/c1-13-10-18(8-9-19(13)22(23)24)25-12-16-4-6-17(7-5-16)21-15(3)11-14(2)20-21/h4-11H,12H2,1-3H3. The van der Waals surface area contributed by atoms with Crippen molar-refractivity contribution in [2.45, 2.75) is 27.4 Å². The molecule has 1 heterocycles. The summed E-state index contributed by atoms with van der Waals surface area (Å²) < 4.78 is 7.64. The van der Waals surface area contributed by atoms with Gasteiger partial charge >= 0.3 is 0 Å². The zero-order chi connectivity index (χ0) is 18.0. The molecule has 0 unspecified atom stereocenters. The molecular weight excluding hydrogens is 318 g/mol. The first-order chi connectivity index (χ1) is 11.9. The van der Waals surface area contributed by atoms with Crippen molar-refractivity contribution >= 4 is 5.69 Å². The maximum absolute atomic E-state index is 10.8. The fourth-order valence-electron chi connectivity index (χ4n) is 2.71. The summed E-state index contributed by atoms with van der Waals surface area (Å²) in [5, 5.41) is 15.3. The Balaban J connectivity index is 1.69. The lowest BCUT2D eigenvalue weighted by Gasteiger charge is -2.09. The second kappa shape index (κ2) is 6.76. The number of ether oxygens (including phenoxy) is 1. The molecule has 0 spiro atoms. The van der Waals surface area contributed by atoms with Gasteiger partial charge in [-0.15, -0.1) is 0 Å². The van der Waals surface area contributed by atoms with Gasteiger partial charge in [0.05, 0.1) is 16.3 Å². The van der Waals surface area contributed by atoms with Gasteiger partial charge in [-0.2, -0.15) is 5.10 Å². The van der Waals surface area contributed by atoms with E-state index < -0.39 is 4.92 Å². The Morgan fingerprint density at radius 3 is 2.36 bits per heavy atom. The number of nitrogens with zero attached hydrogens (tertiary/aromatic N) is 3. The largest absolute Gasteiger partial charge is 0.489 e. The molecule has 0 saturated carbocycles. The van der Waals surface area contributed by atoms with Crippen LogP contribution >= 0.6 is 0 Å². The highest BCUT2D eigenvalue weighted by Crippen LogP contribution is 2.24. The van der Waals surface area contributed by atoms with Crippen LogP contribution in [-0.4, -0.2) is 14.7 Å². The van der Waals surface area contributed by atoms with E-state index in [-0.39, 0.29) is 5.69 Å². The SMILES string of the molecule is Cc1cc(C)n(-c2ccc(COc3ccc([N+](=O)[O-])c(C)c3)cc2)n1. The van der Waals surface area contributed by atoms with E-state index in [1.165, 1.54) is 6.07 Å². The topological polar surface area (TPSA) is 70.2 Å². The van der Waals surface area contributed by atoms with Crippen molar-refractivity contribution in [1.29, 1.82) is 0 Å². The summed E-state index contributed by atoms with van der Waals surface area (Å²) in [6, 6.07) is 14.8. The highest BCUT2D eigenvalue weighted by Gasteiger charge is 2.10. The molecule has 0 aliphatic heterocycles. The molecular formula is C19H19N3O3. The van der Waals surface area contributed by atoms with E-state index in [2.05, 4.69) is 5.10 Å². The van der Waals surface area contributed by atoms with Crippen molar-refractivity contribution in [3.63, 3.8) is 0 Å². The summed E-state index contributed by atoms with van der Waals surface area (Å²) in [7, 11) is 0. The first-order valence-electron chi connectivity index (χ1n) is 7.94. The molecule has 0 aliphatic rings. The summed E-state index contributed by atoms with van der Waals surface area (Å²) in [5.41, 5.74) is 4.77. The molecule has 0 atom stereocenters. The van der Waals surface area contributed by atoms with Crippen molar-refractivity contribution in [3.05, 3.63) is 81.2 Å². The van der Waals surface area contributed by atoms with Crippen molar-refractivity contribution in [3.8, 4) is 11.4 Å². The molecule has 1 aromatic heterocycles. The molecule has 0 fully saturated rings. The van der Waals surface area contributed by atoms with E-state index in [0.29, 0.717) is 17.9 Å². The number of hydrogen-bond acceptors (Lipinski definition) is 4. The van der Waals surface area contributed by atoms with Gasteiger partial charge in [-0.25, -0.2) is 4.68 Å². The summed E-state index contributed by atoms with van der Waals surface area (Å²) >= 11 is 0. The van der Waals surface area contributed by atoms with Crippen LogP contribution in [0.15, 0.2) is 48.5 Å². The second-order valence-electron chi connectivity index (χ2n) is 6.00. The van der Waals surface area contributed by atoms with Crippen molar-refractivity contribution in [1.82, 2.24) is 9.78 Å². The van der Waals surface area contributed by atoms with Crippen LogP contribution in [0.3, 0.4) is 0 Å². The first-order valence-corrected chi connectivity index (χ1v) is 7.94. The number of nitro benzene ring substituents is 1. The predicted molar refractivity (Wildman–Crippen MR) is 95.2 cm³/mol. The van der Waals surface area contributed by atoms with Crippen LogP contribution < -0.4 is 4.74 Å². The van der Waals surface area contributed by atoms with Gasteiger partial charge in [0.15, 0.2) is 0 Å². The highest BCUT2D eigenvalue weighted by molar-refractivity contribution is 5.44. The van der Waals surface area contributed by atoms with E-state index in [1.54, 1.807) is 19.1 Å². The Morgan fingerprint density at radius 1 is 1.08 bits per heavy atom. The fourth-order valence-corrected chi connectivity index (χ4v) is 2.71. The average Bonchev–Trinajstić information content (AvgIpc) is 2.91. The Kier molecular flexibility index (Phi) is 4.52. The van der Waals surface area contributed by atoms with Crippen LogP contribution in [0.4, 0.5) is 5.69 Å². The highest BCUT2D eigenvalue weighted by atomic mass is 16.6. The van der Waals surface area contributed by atoms with E-state index in [9.17, 15) is 10.1 Å². The Hall–Kier alpha value is -3.15. The summed E-state index contributed by atoms with van der Waals surface area (Å²) in [6.07, 6.45) is 0. The number of aromatic nitrogens is 2. The normalized spacial score (nSPS) is 10.7. The first kappa shape index (κ1) is 16.7. The zero-order valence-electron chi connectivity index (χ0n) is 14.4. The molecule has 3 rings (SSSR count). The summed E-state index contributed by atoms with van der Waals surface area (Å²) in [5.74, 6) is 0.616. The molecule has 0 bridgehead atoms. The van der Waals surface area contributed by atoms with Crippen LogP contribution in [0.5, 0.6) is 5.75 Å². The zero-order valence-corrected chi connectivity index (χ0v) is 14.4. The lowest BCUT2D eigenvalue weighted by Crippen LogP contribution is -2.00. The molecule has 0 N–H and O–H groups in total. The van der Waals surface area contributed by atoms with Gasteiger partial charge in [0.25, 0.3) is 5.69 Å². The lowest BCUT2D eigenvalue weighted by atomic mass is 10.2. The van der Waals surface area contributed by atoms with Crippen LogP contribution in [0, 0.1) is 30.9 Å². The van der Waals surface area contributed by atoms with Crippen LogP contribution in [0.1, 0.15) is 22.5 Å². The van der Waals surface area contributed by atoms with Crippen LogP contribution in [0.25, 0.3) is 5.69 Å². The van der Waals surface area contributed by atoms with Crippen LogP contribution in [0.2, 0.25) is 0 Å². The van der Waals surface area contributed by atoms with Crippen molar-refractivity contribution in [2.75, 3.05) is 0 Å². The van der Waals surface area contributed by atoms with Gasteiger partial charge in [-0.1, -0.05) is 12.1 Å². The third-order valence-electron chi connectivity index (χ3n) is 3.96. The summed E-state index contributed by atoms with van der Waals surface area (Å²) in [4.78, 5) is 10.5. The molecule has 25 heavy (non-hydrogen) atoms. The van der Waals surface area contributed by atoms with Gasteiger partial charge < -0.3 is 4.74 Å². The number of nitro groups is 1. The smallest absolute Gasteiger partial charge is 0.272 e. The summed E-state index contributed by atoms with van der Waals surface area (Å²) in [6.45, 7) is 6.09. The third kappa shape index (κ3) is 3.68. The van der Waals surface area contributed by atoms with E-state index in [4.69, 9.17) is 4.74 Å². The Bertz CT molecular complexity index is 914. The fraction of sp³-hybridized carbons (Fsp3) is 0.211.